The van der Waals surface area contributed by atoms with Crippen molar-refractivity contribution in [2.24, 2.45) is 7.05 Å². The van der Waals surface area contributed by atoms with E-state index >= 15 is 0 Å². The highest BCUT2D eigenvalue weighted by molar-refractivity contribution is 5.37. The highest BCUT2D eigenvalue weighted by Gasteiger charge is 2.35. The first-order chi connectivity index (χ1) is 13.7. The number of anilines is 1. The summed E-state index contributed by atoms with van der Waals surface area (Å²) >= 11 is 0. The maximum Gasteiger partial charge on any atom is 0.419 e. The zero-order chi connectivity index (χ0) is 21.2. The zero-order valence-electron chi connectivity index (χ0n) is 15.7. The molecule has 1 aliphatic rings. The van der Waals surface area contributed by atoms with E-state index in [2.05, 4.69) is 5.10 Å². The molecular formula is C18H21F3N4O4. The Labute approximate surface area is 163 Å². The van der Waals surface area contributed by atoms with E-state index in [0.29, 0.717) is 25.9 Å². The van der Waals surface area contributed by atoms with Crippen molar-refractivity contribution in [3.8, 4) is 5.75 Å². The van der Waals surface area contributed by atoms with Gasteiger partial charge in [-0.3, -0.25) is 9.36 Å². The van der Waals surface area contributed by atoms with Crippen LogP contribution < -0.4 is 20.9 Å². The third kappa shape index (κ3) is 4.44. The number of alkyl halides is 3. The van der Waals surface area contributed by atoms with Gasteiger partial charge in [-0.15, -0.1) is 5.10 Å². The van der Waals surface area contributed by atoms with Crippen molar-refractivity contribution in [3.63, 3.8) is 0 Å². The molecule has 3 rings (SSSR count). The van der Waals surface area contributed by atoms with Gasteiger partial charge in [0, 0.05) is 33.0 Å². The summed E-state index contributed by atoms with van der Waals surface area (Å²) in [5.41, 5.74) is -2.02. The monoisotopic (exact) mass is 414 g/mol. The summed E-state index contributed by atoms with van der Waals surface area (Å²) in [6, 6.07) is 5.05. The number of aromatic nitrogens is 3. The Morgan fingerprint density at radius 3 is 2.48 bits per heavy atom. The third-order valence-corrected chi connectivity index (χ3v) is 4.76. The van der Waals surface area contributed by atoms with E-state index in [1.54, 1.807) is 4.90 Å². The van der Waals surface area contributed by atoms with Gasteiger partial charge in [0.25, 0.3) is 5.56 Å². The van der Waals surface area contributed by atoms with Gasteiger partial charge in [0.15, 0.2) is 0 Å². The van der Waals surface area contributed by atoms with E-state index in [1.165, 1.54) is 25.2 Å². The van der Waals surface area contributed by atoms with Crippen molar-refractivity contribution >= 4 is 5.82 Å². The molecule has 1 saturated heterocycles. The lowest BCUT2D eigenvalue weighted by molar-refractivity contribution is -0.139. The first-order valence-electron chi connectivity index (χ1n) is 9.09. The van der Waals surface area contributed by atoms with E-state index in [0.717, 1.165) is 15.3 Å². The topological polar surface area (TPSA) is 89.6 Å². The molecule has 2 aromatic rings. The van der Waals surface area contributed by atoms with Crippen molar-refractivity contribution in [1.82, 2.24) is 14.3 Å². The highest BCUT2D eigenvalue weighted by Crippen LogP contribution is 2.37. The Morgan fingerprint density at radius 1 is 1.21 bits per heavy atom. The molecule has 0 amide bonds. The molecule has 1 N–H and O–H groups in total. The first kappa shape index (κ1) is 20.9. The number of hydrogen-bond acceptors (Lipinski definition) is 6. The molecule has 1 aromatic carbocycles. The molecule has 0 spiro atoms. The number of benzene rings is 1. The minimum Gasteiger partial charge on any atom is -0.490 e. The molecule has 2 heterocycles. The summed E-state index contributed by atoms with van der Waals surface area (Å²) in [5.74, 6) is -0.154. The van der Waals surface area contributed by atoms with Crippen LogP contribution >= 0.6 is 0 Å². The van der Waals surface area contributed by atoms with Crippen molar-refractivity contribution in [1.29, 1.82) is 0 Å². The molecule has 1 aromatic heterocycles. The van der Waals surface area contributed by atoms with Gasteiger partial charge in [0.2, 0.25) is 5.82 Å². The summed E-state index contributed by atoms with van der Waals surface area (Å²) in [7, 11) is 1.33. The minimum absolute atomic E-state index is 0.0479. The van der Waals surface area contributed by atoms with Crippen molar-refractivity contribution in [2.45, 2.75) is 31.7 Å². The largest absolute Gasteiger partial charge is 0.490 e. The van der Waals surface area contributed by atoms with E-state index in [4.69, 9.17) is 9.84 Å². The van der Waals surface area contributed by atoms with Gasteiger partial charge >= 0.3 is 11.9 Å². The molecule has 158 valence electrons. The van der Waals surface area contributed by atoms with Gasteiger partial charge in [-0.25, -0.2) is 9.48 Å². The average molecular weight is 414 g/mol. The highest BCUT2D eigenvalue weighted by atomic mass is 19.4. The van der Waals surface area contributed by atoms with Crippen molar-refractivity contribution in [3.05, 3.63) is 50.7 Å². The number of aliphatic hydroxyl groups is 1. The molecule has 0 bridgehead atoms. The average Bonchev–Trinajstić information content (AvgIpc) is 2.69. The molecule has 0 aliphatic carbocycles. The molecule has 1 fully saturated rings. The number of nitrogens with zero attached hydrogens (tertiary/aromatic N) is 4. The van der Waals surface area contributed by atoms with Gasteiger partial charge in [0.05, 0.1) is 18.7 Å². The van der Waals surface area contributed by atoms with E-state index in [9.17, 15) is 22.8 Å². The van der Waals surface area contributed by atoms with Crippen LogP contribution in [-0.2, 0) is 19.8 Å². The molecule has 8 nitrogen and oxygen atoms in total. The molecule has 1 aliphatic heterocycles. The Balaban J connectivity index is 1.74. The van der Waals surface area contributed by atoms with E-state index < -0.39 is 29.1 Å². The van der Waals surface area contributed by atoms with Crippen molar-refractivity contribution in [2.75, 3.05) is 24.6 Å². The summed E-state index contributed by atoms with van der Waals surface area (Å²) < 4.78 is 46.9. The van der Waals surface area contributed by atoms with Crippen LogP contribution in [0.3, 0.4) is 0 Å². The fourth-order valence-corrected chi connectivity index (χ4v) is 3.22. The third-order valence-electron chi connectivity index (χ3n) is 4.76. The smallest absolute Gasteiger partial charge is 0.419 e. The quantitative estimate of drug-likeness (QED) is 0.785. The number of aliphatic hydroxyl groups excluding tert-OH is 1. The molecule has 0 saturated carbocycles. The van der Waals surface area contributed by atoms with E-state index in [-0.39, 0.29) is 24.7 Å². The lowest BCUT2D eigenvalue weighted by Crippen LogP contribution is -2.47. The maximum atomic E-state index is 13.1. The van der Waals surface area contributed by atoms with Crippen LogP contribution in [0, 0.1) is 0 Å². The van der Waals surface area contributed by atoms with Crippen LogP contribution in [0.15, 0.2) is 33.9 Å². The second-order valence-corrected chi connectivity index (χ2v) is 6.72. The summed E-state index contributed by atoms with van der Waals surface area (Å²) in [6.45, 7) is 0.309. The van der Waals surface area contributed by atoms with Gasteiger partial charge < -0.3 is 14.7 Å². The summed E-state index contributed by atoms with van der Waals surface area (Å²) in [6.07, 6.45) is -4.18. The van der Waals surface area contributed by atoms with Gasteiger partial charge in [-0.1, -0.05) is 12.1 Å². The molecule has 0 radical (unpaired) electrons. The molecule has 29 heavy (non-hydrogen) atoms. The van der Waals surface area contributed by atoms with Crippen molar-refractivity contribution < 1.29 is 23.0 Å². The van der Waals surface area contributed by atoms with Crippen LogP contribution in [0.5, 0.6) is 5.75 Å². The van der Waals surface area contributed by atoms with E-state index in [1.807, 2.05) is 0 Å². The fourth-order valence-electron chi connectivity index (χ4n) is 3.22. The van der Waals surface area contributed by atoms with Gasteiger partial charge in [-0.05, 0) is 12.1 Å². The number of ether oxygens (including phenoxy) is 1. The van der Waals surface area contributed by atoms with Crippen LogP contribution in [0.25, 0.3) is 0 Å². The molecule has 0 atom stereocenters. The lowest BCUT2D eigenvalue weighted by Gasteiger charge is -2.33. The number of rotatable bonds is 5. The zero-order valence-corrected chi connectivity index (χ0v) is 15.7. The normalized spacial score (nSPS) is 15.6. The summed E-state index contributed by atoms with van der Waals surface area (Å²) in [4.78, 5) is 26.1. The van der Waals surface area contributed by atoms with Crippen LogP contribution in [0.1, 0.15) is 18.4 Å². The predicted molar refractivity (Wildman–Crippen MR) is 98.1 cm³/mol. The van der Waals surface area contributed by atoms with Crippen LogP contribution in [0.2, 0.25) is 0 Å². The second-order valence-electron chi connectivity index (χ2n) is 6.72. The number of piperidine rings is 1. The molecule has 11 heteroatoms. The maximum absolute atomic E-state index is 13.1. The number of hydrogen-bond donors (Lipinski definition) is 1. The predicted octanol–water partition coefficient (Wildman–Crippen LogP) is 1.00. The number of para-hydroxylation sites is 1. The SMILES string of the molecule is Cn1c(=O)c(N2CCC(Oc3ccccc3C(F)(F)F)CC2)nn(CCO)c1=O. The van der Waals surface area contributed by atoms with Crippen LogP contribution in [-0.4, -0.2) is 45.3 Å². The van der Waals surface area contributed by atoms with Gasteiger partial charge in [0.1, 0.15) is 11.9 Å². The molecular weight excluding hydrogens is 393 g/mol. The Hall–Kier alpha value is -2.82. The Morgan fingerprint density at radius 2 is 1.86 bits per heavy atom. The summed E-state index contributed by atoms with van der Waals surface area (Å²) in [5, 5.41) is 13.1. The molecule has 0 unspecified atom stereocenters. The lowest BCUT2D eigenvalue weighted by atomic mass is 10.1. The fraction of sp³-hybridized carbons (Fsp3) is 0.500. The second kappa shape index (κ2) is 8.27. The van der Waals surface area contributed by atoms with Crippen LogP contribution in [0.4, 0.5) is 19.0 Å². The standard InChI is InChI=1S/C18H21F3N4O4/c1-23-16(27)15(22-25(10-11-26)17(23)28)24-8-6-12(7-9-24)29-14-5-3-2-4-13(14)18(19,20)21/h2-5,12,26H,6-11H2,1H3. The first-order valence-corrected chi connectivity index (χ1v) is 9.09. The van der Waals surface area contributed by atoms with Gasteiger partial charge in [-0.2, -0.15) is 13.2 Å². The minimum atomic E-state index is -4.51. The number of halogens is 3. The Kier molecular flexibility index (Phi) is 5.96. The Bertz CT molecular complexity index is 978.